The molecule has 0 aliphatic heterocycles. The molecule has 0 aliphatic rings. The van der Waals surface area contributed by atoms with Crippen LogP contribution in [0, 0.1) is 0 Å². The Morgan fingerprint density at radius 1 is 0.471 bits per heavy atom. The summed E-state index contributed by atoms with van der Waals surface area (Å²) in [6, 6.07) is 33.1. The van der Waals surface area contributed by atoms with E-state index in [2.05, 4.69) is 10.6 Å². The van der Waals surface area contributed by atoms with Gasteiger partial charge in [-0.15, -0.1) is 0 Å². The predicted octanol–water partition coefficient (Wildman–Crippen LogP) is 7.21. The van der Waals surface area contributed by atoms with Gasteiger partial charge in [-0.25, -0.2) is 9.59 Å². The Labute approximate surface area is 195 Å². The van der Waals surface area contributed by atoms with Gasteiger partial charge in [0.15, 0.2) is 11.5 Å². The van der Waals surface area contributed by atoms with Crippen LogP contribution in [0.2, 0.25) is 0 Å². The highest BCUT2D eigenvalue weighted by Crippen LogP contribution is 2.29. The summed E-state index contributed by atoms with van der Waals surface area (Å²) >= 11 is 0. The summed E-state index contributed by atoms with van der Waals surface area (Å²) < 4.78 is 10.9. The molecule has 5 aromatic carbocycles. The lowest BCUT2D eigenvalue weighted by atomic mass is 10.1. The zero-order valence-corrected chi connectivity index (χ0v) is 18.0. The lowest BCUT2D eigenvalue weighted by Gasteiger charge is -2.13. The molecule has 166 valence electrons. The Kier molecular flexibility index (Phi) is 5.78. The summed E-state index contributed by atoms with van der Waals surface area (Å²) in [6.07, 6.45) is -1.39. The van der Waals surface area contributed by atoms with Gasteiger partial charge in [0.25, 0.3) is 0 Å². The van der Waals surface area contributed by atoms with Crippen LogP contribution in [0.4, 0.5) is 21.0 Å². The molecule has 0 saturated heterocycles. The van der Waals surface area contributed by atoms with E-state index in [0.717, 1.165) is 21.5 Å². The first kappa shape index (κ1) is 21.0. The standard InChI is InChI=1S/C28H20N2O4/c31-27(29-23-15-7-11-19-9-1-3-13-21(19)23)33-25-17-5-6-18-26(25)34-28(32)30-24-16-8-12-20-10-2-4-14-22(20)24/h1-18H,(H,29,31)(H,30,32). The monoisotopic (exact) mass is 448 g/mol. The summed E-state index contributed by atoms with van der Waals surface area (Å²) in [6.45, 7) is 0. The Bertz CT molecular complexity index is 1390. The van der Waals surface area contributed by atoms with Gasteiger partial charge >= 0.3 is 12.2 Å². The van der Waals surface area contributed by atoms with E-state index in [1.807, 2.05) is 72.8 Å². The van der Waals surface area contributed by atoms with Crippen LogP contribution < -0.4 is 20.1 Å². The molecule has 0 bridgehead atoms. The molecule has 0 heterocycles. The van der Waals surface area contributed by atoms with Gasteiger partial charge in [0, 0.05) is 10.8 Å². The highest BCUT2D eigenvalue weighted by molar-refractivity contribution is 6.01. The molecule has 0 radical (unpaired) electrons. The highest BCUT2D eigenvalue weighted by atomic mass is 16.6. The molecule has 0 fully saturated rings. The third kappa shape index (κ3) is 4.52. The molecule has 0 unspecified atom stereocenters. The minimum absolute atomic E-state index is 0.119. The first-order valence-electron chi connectivity index (χ1n) is 10.7. The van der Waals surface area contributed by atoms with Crippen LogP contribution in [0.5, 0.6) is 11.5 Å². The minimum Gasteiger partial charge on any atom is -0.406 e. The molecule has 6 heteroatoms. The molecule has 0 aliphatic carbocycles. The number of fused-ring (bicyclic) bond motifs is 2. The number of carbonyl (C=O) groups is 2. The zero-order chi connectivity index (χ0) is 23.3. The fraction of sp³-hybridized carbons (Fsp3) is 0. The molecule has 5 aromatic rings. The molecule has 0 atom stereocenters. The van der Waals surface area contributed by atoms with Crippen molar-refractivity contribution in [3.8, 4) is 11.5 Å². The van der Waals surface area contributed by atoms with E-state index in [1.165, 1.54) is 0 Å². The quantitative estimate of drug-likeness (QED) is 0.304. The van der Waals surface area contributed by atoms with Gasteiger partial charge in [-0.1, -0.05) is 84.9 Å². The number of benzene rings is 5. The van der Waals surface area contributed by atoms with Crippen LogP contribution in [0.25, 0.3) is 21.5 Å². The van der Waals surface area contributed by atoms with E-state index in [0.29, 0.717) is 11.4 Å². The van der Waals surface area contributed by atoms with Crippen molar-refractivity contribution < 1.29 is 19.1 Å². The average molecular weight is 448 g/mol. The fourth-order valence-corrected chi connectivity index (χ4v) is 3.76. The molecule has 6 nitrogen and oxygen atoms in total. The Hall–Kier alpha value is -4.84. The number of rotatable bonds is 4. The molecular formula is C28H20N2O4. The smallest absolute Gasteiger partial charge is 0.406 e. The van der Waals surface area contributed by atoms with Gasteiger partial charge in [-0.2, -0.15) is 0 Å². The summed E-state index contributed by atoms with van der Waals surface area (Å²) in [5, 5.41) is 9.28. The largest absolute Gasteiger partial charge is 0.417 e. The van der Waals surface area contributed by atoms with Crippen molar-refractivity contribution in [2.24, 2.45) is 0 Å². The summed E-state index contributed by atoms with van der Waals surface area (Å²) in [5.41, 5.74) is 1.24. The maximum absolute atomic E-state index is 12.6. The van der Waals surface area contributed by atoms with Gasteiger partial charge in [0.2, 0.25) is 0 Å². The van der Waals surface area contributed by atoms with Crippen LogP contribution in [-0.2, 0) is 0 Å². The number of hydrogen-bond donors (Lipinski definition) is 2. The highest BCUT2D eigenvalue weighted by Gasteiger charge is 2.15. The molecule has 2 N–H and O–H groups in total. The second-order valence-corrected chi connectivity index (χ2v) is 7.53. The lowest BCUT2D eigenvalue weighted by Crippen LogP contribution is -2.20. The third-order valence-electron chi connectivity index (χ3n) is 5.31. The molecule has 0 saturated carbocycles. The lowest BCUT2D eigenvalue weighted by molar-refractivity contribution is 0.205. The average Bonchev–Trinajstić information content (AvgIpc) is 2.86. The topological polar surface area (TPSA) is 76.7 Å². The van der Waals surface area contributed by atoms with E-state index >= 15 is 0 Å². The van der Waals surface area contributed by atoms with Gasteiger partial charge < -0.3 is 9.47 Å². The fourth-order valence-electron chi connectivity index (χ4n) is 3.76. The Morgan fingerprint density at radius 2 is 0.853 bits per heavy atom. The Balaban J connectivity index is 1.30. The van der Waals surface area contributed by atoms with Crippen molar-refractivity contribution in [3.63, 3.8) is 0 Å². The predicted molar refractivity (Wildman–Crippen MR) is 134 cm³/mol. The molecule has 2 amide bonds. The molecule has 0 aromatic heterocycles. The van der Waals surface area contributed by atoms with Crippen LogP contribution >= 0.6 is 0 Å². The summed E-state index contributed by atoms with van der Waals surface area (Å²) in [4.78, 5) is 25.2. The van der Waals surface area contributed by atoms with E-state index in [9.17, 15) is 9.59 Å². The van der Waals surface area contributed by atoms with Crippen LogP contribution in [-0.4, -0.2) is 12.2 Å². The van der Waals surface area contributed by atoms with Gasteiger partial charge in [-0.3, -0.25) is 10.6 Å². The van der Waals surface area contributed by atoms with Crippen LogP contribution in [0.3, 0.4) is 0 Å². The second-order valence-electron chi connectivity index (χ2n) is 7.53. The SMILES string of the molecule is O=C(Nc1cccc2ccccc12)Oc1ccccc1OC(=O)Nc1cccc2ccccc12. The van der Waals surface area contributed by atoms with Gasteiger partial charge in [0.05, 0.1) is 11.4 Å². The molecule has 0 spiro atoms. The summed E-state index contributed by atoms with van der Waals surface area (Å²) in [7, 11) is 0. The third-order valence-corrected chi connectivity index (χ3v) is 5.31. The van der Waals surface area contributed by atoms with Crippen molar-refractivity contribution in [2.75, 3.05) is 10.6 Å². The van der Waals surface area contributed by atoms with Gasteiger partial charge in [0.1, 0.15) is 0 Å². The molecule has 34 heavy (non-hydrogen) atoms. The first-order chi connectivity index (χ1) is 16.7. The van der Waals surface area contributed by atoms with E-state index in [1.54, 1.807) is 36.4 Å². The number of para-hydroxylation sites is 2. The zero-order valence-electron chi connectivity index (χ0n) is 18.0. The van der Waals surface area contributed by atoms with Crippen molar-refractivity contribution >= 4 is 45.1 Å². The van der Waals surface area contributed by atoms with Crippen LogP contribution in [0.1, 0.15) is 0 Å². The van der Waals surface area contributed by atoms with Crippen molar-refractivity contribution in [1.82, 2.24) is 0 Å². The number of carbonyl (C=O) groups excluding carboxylic acids is 2. The van der Waals surface area contributed by atoms with E-state index in [4.69, 9.17) is 9.47 Å². The maximum Gasteiger partial charge on any atom is 0.417 e. The van der Waals surface area contributed by atoms with Crippen molar-refractivity contribution in [1.29, 1.82) is 0 Å². The molecule has 5 rings (SSSR count). The van der Waals surface area contributed by atoms with Gasteiger partial charge in [-0.05, 0) is 35.0 Å². The van der Waals surface area contributed by atoms with Crippen molar-refractivity contribution in [3.05, 3.63) is 109 Å². The summed E-state index contributed by atoms with van der Waals surface area (Å²) in [5.74, 6) is 0.238. The Morgan fingerprint density at radius 3 is 1.32 bits per heavy atom. The molecular weight excluding hydrogens is 428 g/mol. The maximum atomic E-state index is 12.6. The number of nitrogens with one attached hydrogen (secondary N) is 2. The number of anilines is 2. The minimum atomic E-state index is -0.693. The normalized spacial score (nSPS) is 10.6. The first-order valence-corrected chi connectivity index (χ1v) is 10.7. The second kappa shape index (κ2) is 9.34. The van der Waals surface area contributed by atoms with E-state index < -0.39 is 12.2 Å². The number of ether oxygens (including phenoxy) is 2. The van der Waals surface area contributed by atoms with E-state index in [-0.39, 0.29) is 11.5 Å². The number of amides is 2. The number of hydrogen-bond acceptors (Lipinski definition) is 4. The van der Waals surface area contributed by atoms with Crippen LogP contribution in [0.15, 0.2) is 109 Å². The van der Waals surface area contributed by atoms with Crippen molar-refractivity contribution in [2.45, 2.75) is 0 Å².